The van der Waals surface area contributed by atoms with Gasteiger partial charge in [0.2, 0.25) is 0 Å². The minimum absolute atomic E-state index is 0.0528. The van der Waals surface area contributed by atoms with Crippen molar-refractivity contribution in [1.29, 1.82) is 0 Å². The number of rotatable bonds is 2. The molecule has 5 heteroatoms. The molecule has 0 aliphatic carbocycles. The van der Waals surface area contributed by atoms with Crippen molar-refractivity contribution < 1.29 is 0 Å². The van der Waals surface area contributed by atoms with E-state index in [2.05, 4.69) is 36.1 Å². The number of nitrogens with zero attached hydrogens (tertiary/aromatic N) is 2. The summed E-state index contributed by atoms with van der Waals surface area (Å²) in [6.07, 6.45) is 0. The lowest BCUT2D eigenvalue weighted by atomic mass is 10.1. The second-order valence-corrected chi connectivity index (χ2v) is 5.86. The molecular formula is C10H13N3S2. The van der Waals surface area contributed by atoms with E-state index in [1.54, 1.807) is 22.7 Å². The first-order chi connectivity index (χ1) is 7.04. The molecule has 15 heavy (non-hydrogen) atoms. The summed E-state index contributed by atoms with van der Waals surface area (Å²) in [5.41, 5.74) is 3.79. The Morgan fingerprint density at radius 2 is 2.00 bits per heavy atom. The summed E-state index contributed by atoms with van der Waals surface area (Å²) in [7, 11) is 0. The van der Waals surface area contributed by atoms with Crippen molar-refractivity contribution in [3.8, 4) is 11.4 Å². The molecule has 0 aliphatic rings. The summed E-state index contributed by atoms with van der Waals surface area (Å²) < 4.78 is 0. The summed E-state index contributed by atoms with van der Waals surface area (Å²) in [5.74, 6) is 0. The minimum Gasteiger partial charge on any atom is -0.357 e. The molecule has 0 fully saturated rings. The number of aromatic nitrogens is 2. The fourth-order valence-corrected chi connectivity index (χ4v) is 2.57. The van der Waals surface area contributed by atoms with Crippen LogP contribution < -0.4 is 5.32 Å². The van der Waals surface area contributed by atoms with Gasteiger partial charge in [-0.3, -0.25) is 0 Å². The van der Waals surface area contributed by atoms with Crippen LogP contribution in [-0.2, 0) is 0 Å². The van der Waals surface area contributed by atoms with E-state index in [0.29, 0.717) is 0 Å². The fourth-order valence-electron chi connectivity index (χ4n) is 1.11. The summed E-state index contributed by atoms with van der Waals surface area (Å²) in [4.78, 5) is 8.72. The van der Waals surface area contributed by atoms with Crippen LogP contribution in [0.1, 0.15) is 20.8 Å². The highest BCUT2D eigenvalue weighted by Crippen LogP contribution is 2.26. The van der Waals surface area contributed by atoms with E-state index in [-0.39, 0.29) is 5.54 Å². The number of hydrogen-bond acceptors (Lipinski definition) is 5. The number of anilines is 1. The van der Waals surface area contributed by atoms with Gasteiger partial charge in [0.05, 0.1) is 5.51 Å². The SMILES string of the molecule is CC(C)(C)Nc1nc(-c2cscn2)cs1. The summed E-state index contributed by atoms with van der Waals surface area (Å²) >= 11 is 3.21. The first-order valence-electron chi connectivity index (χ1n) is 4.67. The Labute approximate surface area is 97.2 Å². The maximum Gasteiger partial charge on any atom is 0.183 e. The van der Waals surface area contributed by atoms with Gasteiger partial charge in [0, 0.05) is 16.3 Å². The molecule has 0 bridgehead atoms. The van der Waals surface area contributed by atoms with E-state index in [1.807, 2.05) is 16.3 Å². The largest absolute Gasteiger partial charge is 0.357 e. The van der Waals surface area contributed by atoms with Crippen LogP contribution in [0.4, 0.5) is 5.13 Å². The van der Waals surface area contributed by atoms with Crippen LogP contribution >= 0.6 is 22.7 Å². The summed E-state index contributed by atoms with van der Waals surface area (Å²) in [5, 5.41) is 8.34. The zero-order valence-corrected chi connectivity index (χ0v) is 10.6. The predicted octanol–water partition coefficient (Wildman–Crippen LogP) is 3.48. The summed E-state index contributed by atoms with van der Waals surface area (Å²) in [6, 6.07) is 0. The van der Waals surface area contributed by atoms with E-state index in [1.165, 1.54) is 0 Å². The molecule has 2 aromatic rings. The second kappa shape index (κ2) is 3.90. The molecule has 0 atom stereocenters. The van der Waals surface area contributed by atoms with Crippen LogP contribution in [0, 0.1) is 0 Å². The van der Waals surface area contributed by atoms with E-state index in [9.17, 15) is 0 Å². The number of nitrogens with one attached hydrogen (secondary N) is 1. The molecule has 0 saturated heterocycles. The third kappa shape index (κ3) is 2.76. The normalized spacial score (nSPS) is 11.7. The Morgan fingerprint density at radius 1 is 1.20 bits per heavy atom. The lowest BCUT2D eigenvalue weighted by Gasteiger charge is -2.19. The smallest absolute Gasteiger partial charge is 0.183 e. The fraction of sp³-hybridized carbons (Fsp3) is 0.400. The van der Waals surface area contributed by atoms with Crippen molar-refractivity contribution in [1.82, 2.24) is 9.97 Å². The first-order valence-corrected chi connectivity index (χ1v) is 6.49. The van der Waals surface area contributed by atoms with E-state index in [0.717, 1.165) is 16.5 Å². The molecule has 2 rings (SSSR count). The molecule has 0 aromatic carbocycles. The minimum atomic E-state index is 0.0528. The van der Waals surface area contributed by atoms with Crippen molar-refractivity contribution in [2.45, 2.75) is 26.3 Å². The summed E-state index contributed by atoms with van der Waals surface area (Å²) in [6.45, 7) is 6.37. The van der Waals surface area contributed by atoms with Crippen LogP contribution in [-0.4, -0.2) is 15.5 Å². The number of hydrogen-bond donors (Lipinski definition) is 1. The van der Waals surface area contributed by atoms with Gasteiger partial charge in [-0.2, -0.15) is 0 Å². The Balaban J connectivity index is 2.18. The third-order valence-corrected chi connectivity index (χ3v) is 3.03. The number of thiazole rings is 2. The van der Waals surface area contributed by atoms with Crippen molar-refractivity contribution in [3.05, 3.63) is 16.3 Å². The zero-order chi connectivity index (χ0) is 10.9. The second-order valence-electron chi connectivity index (χ2n) is 4.29. The standard InChI is InChI=1S/C10H13N3S2/c1-10(2,3)13-9-12-8(5-15-9)7-4-14-6-11-7/h4-6H,1-3H3,(H,12,13). The maximum atomic E-state index is 4.49. The Morgan fingerprint density at radius 3 is 2.60 bits per heavy atom. The van der Waals surface area contributed by atoms with Gasteiger partial charge >= 0.3 is 0 Å². The van der Waals surface area contributed by atoms with Gasteiger partial charge < -0.3 is 5.32 Å². The van der Waals surface area contributed by atoms with Gasteiger partial charge in [0.1, 0.15) is 11.4 Å². The molecule has 0 saturated carbocycles. The Hall–Kier alpha value is -0.940. The molecule has 0 amide bonds. The topological polar surface area (TPSA) is 37.8 Å². The van der Waals surface area contributed by atoms with E-state index >= 15 is 0 Å². The Kier molecular flexibility index (Phi) is 2.75. The lowest BCUT2D eigenvalue weighted by molar-refractivity contribution is 0.633. The van der Waals surface area contributed by atoms with Crippen LogP contribution in [0.25, 0.3) is 11.4 Å². The highest BCUT2D eigenvalue weighted by Gasteiger charge is 2.12. The maximum absolute atomic E-state index is 4.49. The lowest BCUT2D eigenvalue weighted by Crippen LogP contribution is -2.25. The van der Waals surface area contributed by atoms with Crippen LogP contribution in [0.2, 0.25) is 0 Å². The van der Waals surface area contributed by atoms with Crippen molar-refractivity contribution in [2.24, 2.45) is 0 Å². The average Bonchev–Trinajstić information content (AvgIpc) is 2.68. The molecule has 0 aliphatic heterocycles. The monoisotopic (exact) mass is 239 g/mol. The molecule has 2 aromatic heterocycles. The highest BCUT2D eigenvalue weighted by molar-refractivity contribution is 7.14. The van der Waals surface area contributed by atoms with Gasteiger partial charge in [-0.15, -0.1) is 22.7 Å². The zero-order valence-electron chi connectivity index (χ0n) is 8.94. The predicted molar refractivity (Wildman–Crippen MR) is 66.6 cm³/mol. The molecular weight excluding hydrogens is 226 g/mol. The molecule has 3 nitrogen and oxygen atoms in total. The molecule has 1 N–H and O–H groups in total. The van der Waals surface area contributed by atoms with Gasteiger partial charge in [0.25, 0.3) is 0 Å². The quantitative estimate of drug-likeness (QED) is 0.872. The average molecular weight is 239 g/mol. The molecule has 0 unspecified atom stereocenters. The van der Waals surface area contributed by atoms with E-state index < -0.39 is 0 Å². The molecule has 2 heterocycles. The first kappa shape index (κ1) is 10.6. The van der Waals surface area contributed by atoms with Crippen molar-refractivity contribution in [2.75, 3.05) is 5.32 Å². The van der Waals surface area contributed by atoms with Crippen LogP contribution in [0.15, 0.2) is 16.3 Å². The molecule has 0 radical (unpaired) electrons. The van der Waals surface area contributed by atoms with Gasteiger partial charge in [0.15, 0.2) is 5.13 Å². The highest BCUT2D eigenvalue weighted by atomic mass is 32.1. The molecule has 80 valence electrons. The molecule has 0 spiro atoms. The third-order valence-electron chi connectivity index (χ3n) is 1.68. The van der Waals surface area contributed by atoms with Crippen molar-refractivity contribution >= 4 is 27.8 Å². The van der Waals surface area contributed by atoms with E-state index in [4.69, 9.17) is 0 Å². The Bertz CT molecular complexity index is 426. The van der Waals surface area contributed by atoms with Gasteiger partial charge in [-0.1, -0.05) is 0 Å². The van der Waals surface area contributed by atoms with Gasteiger partial charge in [-0.25, -0.2) is 9.97 Å². The van der Waals surface area contributed by atoms with Crippen LogP contribution in [0.5, 0.6) is 0 Å². The van der Waals surface area contributed by atoms with Gasteiger partial charge in [-0.05, 0) is 20.8 Å². The van der Waals surface area contributed by atoms with Crippen LogP contribution in [0.3, 0.4) is 0 Å². The van der Waals surface area contributed by atoms with Crippen molar-refractivity contribution in [3.63, 3.8) is 0 Å².